The second-order valence-corrected chi connectivity index (χ2v) is 4.74. The van der Waals surface area contributed by atoms with Crippen LogP contribution in [0.4, 0.5) is 10.1 Å². The summed E-state index contributed by atoms with van der Waals surface area (Å²) >= 11 is 0. The van der Waals surface area contributed by atoms with E-state index in [-0.39, 0.29) is 0 Å². The van der Waals surface area contributed by atoms with Gasteiger partial charge < -0.3 is 14.2 Å². The Morgan fingerprint density at radius 3 is 2.44 bits per heavy atom. The van der Waals surface area contributed by atoms with Crippen LogP contribution in [0.15, 0.2) is 42.5 Å². The van der Waals surface area contributed by atoms with E-state index in [0.29, 0.717) is 17.1 Å². The van der Waals surface area contributed by atoms with Crippen molar-refractivity contribution < 1.29 is 28.3 Å². The average Bonchev–Trinajstić information content (AvgIpc) is 2.59. The average molecular weight is 347 g/mol. The summed E-state index contributed by atoms with van der Waals surface area (Å²) in [6.45, 7) is 0. The largest absolute Gasteiger partial charge is 0.493 e. The summed E-state index contributed by atoms with van der Waals surface area (Å²) in [5, 5.41) is 10.9. The van der Waals surface area contributed by atoms with Crippen molar-refractivity contribution >= 4 is 17.7 Å². The van der Waals surface area contributed by atoms with Gasteiger partial charge in [0.25, 0.3) is 0 Å². The number of nitrogens with zero attached hydrogens (tertiary/aromatic N) is 1. The van der Waals surface area contributed by atoms with E-state index in [4.69, 9.17) is 14.2 Å². The molecule has 0 spiro atoms. The van der Waals surface area contributed by atoms with Gasteiger partial charge in [0.2, 0.25) is 5.75 Å². The second-order valence-electron chi connectivity index (χ2n) is 4.74. The first kappa shape index (κ1) is 17.9. The highest BCUT2D eigenvalue weighted by Crippen LogP contribution is 2.29. The number of rotatable bonds is 6. The molecule has 0 saturated carbocycles. The number of carbonyl (C=O) groups excluding carboxylic acids is 1. The highest BCUT2D eigenvalue weighted by atomic mass is 19.1. The summed E-state index contributed by atoms with van der Waals surface area (Å²) in [6, 6.07) is 7.58. The zero-order chi connectivity index (χ0) is 18.4. The third-order valence-corrected chi connectivity index (χ3v) is 3.15. The van der Waals surface area contributed by atoms with E-state index in [1.165, 1.54) is 20.3 Å². The van der Waals surface area contributed by atoms with Gasteiger partial charge in [0.05, 0.1) is 19.1 Å². The van der Waals surface area contributed by atoms with Crippen LogP contribution in [0.25, 0.3) is 6.08 Å². The highest BCUT2D eigenvalue weighted by molar-refractivity contribution is 5.89. The van der Waals surface area contributed by atoms with Gasteiger partial charge in [-0.2, -0.15) is 0 Å². The molecule has 0 aliphatic carbocycles. The van der Waals surface area contributed by atoms with Crippen LogP contribution >= 0.6 is 0 Å². The molecule has 25 heavy (non-hydrogen) atoms. The van der Waals surface area contributed by atoms with E-state index < -0.39 is 28.1 Å². The molecule has 7 nitrogen and oxygen atoms in total. The fourth-order valence-electron chi connectivity index (χ4n) is 1.98. The van der Waals surface area contributed by atoms with Crippen molar-refractivity contribution in [3.8, 4) is 17.2 Å². The third kappa shape index (κ3) is 4.54. The smallest absolute Gasteiger partial charge is 0.336 e. The number of methoxy groups -OCH3 is 2. The highest BCUT2D eigenvalue weighted by Gasteiger charge is 2.18. The standard InChI is InChI=1S/C17H14FNO6/c1-23-14-7-3-11(9-16(14)24-2)4-8-17(20)25-15-10-12(18)5-6-13(15)19(21)22/h3-10H,1-2H3/b8-4+. The molecular weight excluding hydrogens is 333 g/mol. The Balaban J connectivity index is 2.17. The van der Waals surface area contributed by atoms with E-state index >= 15 is 0 Å². The number of halogens is 1. The molecule has 0 unspecified atom stereocenters. The van der Waals surface area contributed by atoms with Crippen molar-refractivity contribution in [1.29, 1.82) is 0 Å². The van der Waals surface area contributed by atoms with Gasteiger partial charge in [-0.1, -0.05) is 6.07 Å². The lowest BCUT2D eigenvalue weighted by Crippen LogP contribution is -2.06. The summed E-state index contributed by atoms with van der Waals surface area (Å²) in [5.74, 6) is -1.11. The number of hydrogen-bond acceptors (Lipinski definition) is 6. The first-order chi connectivity index (χ1) is 11.9. The molecule has 0 bridgehead atoms. The molecule has 8 heteroatoms. The minimum Gasteiger partial charge on any atom is -0.493 e. The Morgan fingerprint density at radius 2 is 1.80 bits per heavy atom. The summed E-state index contributed by atoms with van der Waals surface area (Å²) in [7, 11) is 2.97. The molecule has 2 aromatic carbocycles. The molecule has 0 radical (unpaired) electrons. The van der Waals surface area contributed by atoms with Gasteiger partial charge in [-0.25, -0.2) is 9.18 Å². The number of ether oxygens (including phenoxy) is 3. The molecule has 2 aromatic rings. The molecule has 0 atom stereocenters. The number of nitro benzene ring substituents is 1. The van der Waals surface area contributed by atoms with Crippen LogP contribution < -0.4 is 14.2 Å². The lowest BCUT2D eigenvalue weighted by Gasteiger charge is -2.07. The predicted molar refractivity (Wildman–Crippen MR) is 87.3 cm³/mol. The van der Waals surface area contributed by atoms with Crippen molar-refractivity contribution in [2.24, 2.45) is 0 Å². The molecule has 0 N–H and O–H groups in total. The lowest BCUT2D eigenvalue weighted by atomic mass is 10.2. The van der Waals surface area contributed by atoms with Crippen LogP contribution in [0.1, 0.15) is 5.56 Å². The van der Waals surface area contributed by atoms with Crippen molar-refractivity contribution in [3.63, 3.8) is 0 Å². The van der Waals surface area contributed by atoms with Crippen LogP contribution in [-0.4, -0.2) is 25.1 Å². The maximum absolute atomic E-state index is 13.2. The van der Waals surface area contributed by atoms with Crippen molar-refractivity contribution in [2.75, 3.05) is 14.2 Å². The van der Waals surface area contributed by atoms with Crippen molar-refractivity contribution in [2.45, 2.75) is 0 Å². The number of esters is 1. The van der Waals surface area contributed by atoms with Crippen LogP contribution in [0.5, 0.6) is 17.2 Å². The van der Waals surface area contributed by atoms with Gasteiger partial charge in [0, 0.05) is 18.2 Å². The summed E-state index contributed by atoms with van der Waals surface area (Å²) in [4.78, 5) is 21.9. The molecule has 130 valence electrons. The number of benzene rings is 2. The fraction of sp³-hybridized carbons (Fsp3) is 0.118. The molecular formula is C17H14FNO6. The first-order valence-electron chi connectivity index (χ1n) is 7.00. The predicted octanol–water partition coefficient (Wildman–Crippen LogP) is 3.37. The monoisotopic (exact) mass is 347 g/mol. The van der Waals surface area contributed by atoms with E-state index in [1.54, 1.807) is 18.2 Å². The Hall–Kier alpha value is -3.42. The van der Waals surface area contributed by atoms with Crippen LogP contribution in [0.3, 0.4) is 0 Å². The van der Waals surface area contributed by atoms with E-state index in [2.05, 4.69) is 0 Å². The molecule has 0 aliphatic rings. The topological polar surface area (TPSA) is 87.9 Å². The minimum atomic E-state index is -0.886. The Morgan fingerprint density at radius 1 is 1.08 bits per heavy atom. The minimum absolute atomic E-state index is 0.466. The zero-order valence-electron chi connectivity index (χ0n) is 13.4. The number of hydrogen-bond donors (Lipinski definition) is 0. The summed E-state index contributed by atoms with van der Waals surface area (Å²) in [6.07, 6.45) is 2.49. The van der Waals surface area contributed by atoms with Gasteiger partial charge in [0.1, 0.15) is 5.82 Å². The molecule has 0 aromatic heterocycles. The first-order valence-corrected chi connectivity index (χ1v) is 7.00. The maximum atomic E-state index is 13.2. The molecule has 0 saturated heterocycles. The van der Waals surface area contributed by atoms with Gasteiger partial charge in [0.15, 0.2) is 11.5 Å². The Labute approximate surface area is 142 Å². The van der Waals surface area contributed by atoms with Crippen molar-refractivity contribution in [3.05, 3.63) is 64.0 Å². The Bertz CT molecular complexity index is 834. The molecule has 0 fully saturated rings. The van der Waals surface area contributed by atoms with E-state index in [1.807, 2.05) is 0 Å². The molecule has 0 heterocycles. The fourth-order valence-corrected chi connectivity index (χ4v) is 1.98. The quantitative estimate of drug-likeness (QED) is 0.262. The molecule has 2 rings (SSSR count). The summed E-state index contributed by atoms with van der Waals surface area (Å²) in [5.41, 5.74) is 0.109. The third-order valence-electron chi connectivity index (χ3n) is 3.15. The zero-order valence-corrected chi connectivity index (χ0v) is 13.4. The number of nitro groups is 1. The van der Waals surface area contributed by atoms with Crippen molar-refractivity contribution in [1.82, 2.24) is 0 Å². The van der Waals surface area contributed by atoms with Gasteiger partial charge in [-0.15, -0.1) is 0 Å². The van der Waals surface area contributed by atoms with Gasteiger partial charge >= 0.3 is 11.7 Å². The van der Waals surface area contributed by atoms with Crippen LogP contribution in [0, 0.1) is 15.9 Å². The van der Waals surface area contributed by atoms with Crippen LogP contribution in [0.2, 0.25) is 0 Å². The normalized spacial score (nSPS) is 10.5. The molecule has 0 amide bonds. The lowest BCUT2D eigenvalue weighted by molar-refractivity contribution is -0.385. The van der Waals surface area contributed by atoms with E-state index in [0.717, 1.165) is 24.3 Å². The summed E-state index contributed by atoms with van der Waals surface area (Å²) < 4.78 is 28.3. The van der Waals surface area contributed by atoms with Gasteiger partial charge in [-0.3, -0.25) is 10.1 Å². The molecule has 0 aliphatic heterocycles. The maximum Gasteiger partial charge on any atom is 0.336 e. The second kappa shape index (κ2) is 7.91. The van der Waals surface area contributed by atoms with Gasteiger partial charge in [-0.05, 0) is 29.8 Å². The van der Waals surface area contributed by atoms with Crippen LogP contribution in [-0.2, 0) is 4.79 Å². The SMILES string of the molecule is COc1ccc(/C=C/C(=O)Oc2cc(F)ccc2[N+](=O)[O-])cc1OC. The number of carbonyl (C=O) groups is 1. The Kier molecular flexibility index (Phi) is 5.67. The van der Waals surface area contributed by atoms with E-state index in [9.17, 15) is 19.3 Å².